The summed E-state index contributed by atoms with van der Waals surface area (Å²) in [5, 5.41) is 0. The molecule has 3 aromatic rings. The molecule has 0 bridgehead atoms. The van der Waals surface area contributed by atoms with Crippen LogP contribution in [0.4, 0.5) is 11.4 Å². The second-order valence-corrected chi connectivity index (χ2v) is 11.4. The highest BCUT2D eigenvalue weighted by Crippen LogP contribution is 2.30. The third-order valence-electron chi connectivity index (χ3n) is 5.27. The van der Waals surface area contributed by atoms with Gasteiger partial charge in [-0.1, -0.05) is 32.0 Å². The Hall–Kier alpha value is -3.04. The van der Waals surface area contributed by atoms with E-state index in [1.54, 1.807) is 19.2 Å². The first-order valence-electron chi connectivity index (χ1n) is 10.3. The summed E-state index contributed by atoms with van der Waals surface area (Å²) in [5.74, 6) is 0.693. The highest BCUT2D eigenvalue weighted by Gasteiger charge is 2.20. The maximum atomic E-state index is 12.9. The maximum Gasteiger partial charge on any atom is 0.261 e. The smallest absolute Gasteiger partial charge is 0.261 e. The number of anilines is 2. The van der Waals surface area contributed by atoms with Crippen LogP contribution >= 0.6 is 0 Å². The summed E-state index contributed by atoms with van der Waals surface area (Å²) in [6, 6.07) is 15.8. The quantitative estimate of drug-likeness (QED) is 0.463. The topological polar surface area (TPSA) is 102 Å². The lowest BCUT2D eigenvalue weighted by atomic mass is 10.0. The van der Waals surface area contributed by atoms with Crippen LogP contribution in [0.5, 0.6) is 5.75 Å². The van der Waals surface area contributed by atoms with Gasteiger partial charge >= 0.3 is 0 Å². The summed E-state index contributed by atoms with van der Waals surface area (Å²) in [7, 11) is -6.17. The average Bonchev–Trinajstić information content (AvgIpc) is 2.76. The molecule has 0 saturated carbocycles. The maximum absolute atomic E-state index is 12.9. The van der Waals surface area contributed by atoms with Gasteiger partial charge in [0, 0.05) is 5.69 Å². The lowest BCUT2D eigenvalue weighted by molar-refractivity contribution is 0.407. The van der Waals surface area contributed by atoms with Crippen LogP contribution in [0.1, 0.15) is 36.5 Å². The number of rotatable bonds is 8. The summed E-state index contributed by atoms with van der Waals surface area (Å²) in [6.45, 7) is 7.56. The third-order valence-corrected chi connectivity index (χ3v) is 8.01. The number of benzene rings is 3. The Morgan fingerprint density at radius 2 is 1.30 bits per heavy atom. The second kappa shape index (κ2) is 9.44. The number of nitrogens with one attached hydrogen (secondary N) is 2. The lowest BCUT2D eigenvalue weighted by Gasteiger charge is -2.15. The molecule has 0 spiro atoms. The van der Waals surface area contributed by atoms with E-state index in [0.717, 1.165) is 16.7 Å². The van der Waals surface area contributed by atoms with Crippen LogP contribution in [0.25, 0.3) is 0 Å². The molecule has 0 aliphatic rings. The summed E-state index contributed by atoms with van der Waals surface area (Å²) in [4.78, 5) is 0.125. The molecule has 0 aliphatic heterocycles. The predicted molar refractivity (Wildman–Crippen MR) is 131 cm³/mol. The van der Waals surface area contributed by atoms with E-state index >= 15 is 0 Å². The van der Waals surface area contributed by atoms with Gasteiger partial charge in [0.1, 0.15) is 5.75 Å². The van der Waals surface area contributed by atoms with Crippen LogP contribution in [0, 0.1) is 13.8 Å². The Bertz CT molecular complexity index is 1340. The minimum absolute atomic E-state index is 0.0274. The zero-order chi connectivity index (χ0) is 24.4. The van der Waals surface area contributed by atoms with Gasteiger partial charge in [0.2, 0.25) is 0 Å². The second-order valence-electron chi connectivity index (χ2n) is 8.06. The van der Waals surface area contributed by atoms with E-state index in [2.05, 4.69) is 9.44 Å². The third kappa shape index (κ3) is 5.48. The number of hydrogen-bond donors (Lipinski definition) is 2. The molecule has 0 saturated heterocycles. The van der Waals surface area contributed by atoms with E-state index in [4.69, 9.17) is 4.74 Å². The number of methoxy groups -OCH3 is 1. The highest BCUT2D eigenvalue weighted by molar-refractivity contribution is 7.93. The van der Waals surface area contributed by atoms with E-state index in [0.29, 0.717) is 11.4 Å². The van der Waals surface area contributed by atoms with E-state index in [-0.39, 0.29) is 21.4 Å². The summed E-state index contributed by atoms with van der Waals surface area (Å²) >= 11 is 0. The molecule has 0 aliphatic carbocycles. The Balaban J connectivity index is 1.84. The van der Waals surface area contributed by atoms with E-state index in [1.165, 1.54) is 30.3 Å². The van der Waals surface area contributed by atoms with Crippen LogP contribution < -0.4 is 14.2 Å². The molecular formula is C24H28N2O5S2. The SMILES string of the molecule is COc1ccc(S(=O)(=O)Nc2ccc(S(=O)(=O)Nc3c(C)cccc3C)cc2)cc1C(C)C. The number of para-hydroxylation sites is 1. The van der Waals surface area contributed by atoms with Crippen LogP contribution in [-0.2, 0) is 20.0 Å². The molecule has 0 aromatic heterocycles. The van der Waals surface area contributed by atoms with Crippen molar-refractivity contribution in [1.29, 1.82) is 0 Å². The minimum atomic E-state index is -3.87. The first-order chi connectivity index (χ1) is 15.4. The van der Waals surface area contributed by atoms with Gasteiger partial charge in [-0.25, -0.2) is 16.8 Å². The largest absolute Gasteiger partial charge is 0.496 e. The first kappa shape index (κ1) is 24.6. The van der Waals surface area contributed by atoms with Crippen LogP contribution in [0.2, 0.25) is 0 Å². The summed E-state index contributed by atoms with van der Waals surface area (Å²) in [5.41, 5.74) is 3.18. The van der Waals surface area contributed by atoms with Gasteiger partial charge in [-0.2, -0.15) is 0 Å². The monoisotopic (exact) mass is 488 g/mol. The van der Waals surface area contributed by atoms with Crippen LogP contribution in [-0.4, -0.2) is 23.9 Å². The van der Waals surface area contributed by atoms with Crippen LogP contribution in [0.15, 0.2) is 70.5 Å². The number of aryl methyl sites for hydroxylation is 2. The average molecular weight is 489 g/mol. The standard InChI is InChI=1S/C24H28N2O5S2/c1-16(2)22-15-21(13-14-23(22)31-5)33(29,30)25-19-9-11-20(12-10-19)32(27,28)26-24-17(3)7-6-8-18(24)4/h6-16,25-26H,1-5H3. The van der Waals surface area contributed by atoms with Crippen molar-refractivity contribution in [3.63, 3.8) is 0 Å². The number of ether oxygens (including phenoxy) is 1. The van der Waals surface area contributed by atoms with Crippen molar-refractivity contribution in [3.8, 4) is 5.75 Å². The Labute approximate surface area is 195 Å². The van der Waals surface area contributed by atoms with Gasteiger partial charge in [0.05, 0.1) is 22.6 Å². The molecule has 3 aromatic carbocycles. The normalized spacial score (nSPS) is 11.9. The van der Waals surface area contributed by atoms with Gasteiger partial charge < -0.3 is 4.74 Å². The van der Waals surface area contributed by atoms with E-state index in [9.17, 15) is 16.8 Å². The zero-order valence-corrected chi connectivity index (χ0v) is 20.8. The molecule has 9 heteroatoms. The van der Waals surface area contributed by atoms with E-state index < -0.39 is 20.0 Å². The molecule has 0 unspecified atom stereocenters. The molecule has 7 nitrogen and oxygen atoms in total. The molecule has 0 heterocycles. The van der Waals surface area contributed by atoms with Crippen molar-refractivity contribution in [2.24, 2.45) is 0 Å². The molecule has 0 radical (unpaired) electrons. The predicted octanol–water partition coefficient (Wildman–Crippen LogP) is 5.04. The van der Waals surface area contributed by atoms with Gasteiger partial charge in [-0.15, -0.1) is 0 Å². The molecule has 3 rings (SSSR count). The van der Waals surface area contributed by atoms with Gasteiger partial charge in [0.15, 0.2) is 0 Å². The molecule has 0 fully saturated rings. The molecule has 176 valence electrons. The van der Waals surface area contributed by atoms with Crippen molar-refractivity contribution < 1.29 is 21.6 Å². The molecule has 0 amide bonds. The fraction of sp³-hybridized carbons (Fsp3) is 0.250. The van der Waals surface area contributed by atoms with Crippen LogP contribution in [0.3, 0.4) is 0 Å². The molecule has 2 N–H and O–H groups in total. The minimum Gasteiger partial charge on any atom is -0.496 e. The molecule has 33 heavy (non-hydrogen) atoms. The fourth-order valence-electron chi connectivity index (χ4n) is 3.42. The number of hydrogen-bond acceptors (Lipinski definition) is 5. The van der Waals surface area contributed by atoms with Gasteiger partial charge in [-0.05, 0) is 78.9 Å². The van der Waals surface area contributed by atoms with Crippen molar-refractivity contribution in [3.05, 3.63) is 77.4 Å². The first-order valence-corrected chi connectivity index (χ1v) is 13.3. The van der Waals surface area contributed by atoms with Crippen molar-refractivity contribution >= 4 is 31.4 Å². The van der Waals surface area contributed by atoms with Gasteiger partial charge in [0.25, 0.3) is 20.0 Å². The Morgan fingerprint density at radius 3 is 1.85 bits per heavy atom. The highest BCUT2D eigenvalue weighted by atomic mass is 32.2. The lowest BCUT2D eigenvalue weighted by Crippen LogP contribution is -2.16. The van der Waals surface area contributed by atoms with Crippen molar-refractivity contribution in [2.75, 3.05) is 16.6 Å². The fourth-order valence-corrected chi connectivity index (χ4v) is 5.71. The molecule has 0 atom stereocenters. The van der Waals surface area contributed by atoms with Gasteiger partial charge in [-0.3, -0.25) is 9.44 Å². The summed E-state index contributed by atoms with van der Waals surface area (Å²) in [6.07, 6.45) is 0. The number of sulfonamides is 2. The Kier molecular flexibility index (Phi) is 7.04. The van der Waals surface area contributed by atoms with Crippen molar-refractivity contribution in [2.45, 2.75) is 43.4 Å². The molecular weight excluding hydrogens is 460 g/mol. The summed E-state index contributed by atoms with van der Waals surface area (Å²) < 4.78 is 61.9. The van der Waals surface area contributed by atoms with Crippen molar-refractivity contribution in [1.82, 2.24) is 0 Å². The van der Waals surface area contributed by atoms with E-state index in [1.807, 2.05) is 45.9 Å². The Morgan fingerprint density at radius 1 is 0.758 bits per heavy atom. The zero-order valence-electron chi connectivity index (χ0n) is 19.2.